The summed E-state index contributed by atoms with van der Waals surface area (Å²) in [6, 6.07) is 6.75. The molecule has 30 heavy (non-hydrogen) atoms. The number of unbranched alkanes of at least 4 members (excludes halogenated alkanes) is 1. The van der Waals surface area contributed by atoms with E-state index in [1.807, 2.05) is 18.4 Å². The zero-order chi connectivity index (χ0) is 21.7. The minimum Gasteiger partial charge on any atom is -0.495 e. The first kappa shape index (κ1) is 21.9. The third-order valence-corrected chi connectivity index (χ3v) is 6.46. The molecule has 158 valence electrons. The summed E-state index contributed by atoms with van der Waals surface area (Å²) < 4.78 is 29.4. The van der Waals surface area contributed by atoms with Gasteiger partial charge in [-0.15, -0.1) is 11.3 Å². The van der Waals surface area contributed by atoms with Gasteiger partial charge in [0.25, 0.3) is 0 Å². The largest absolute Gasteiger partial charge is 0.495 e. The van der Waals surface area contributed by atoms with Crippen LogP contribution in [0.4, 0.5) is 5.69 Å². The number of benzene rings is 1. The van der Waals surface area contributed by atoms with Gasteiger partial charge in [-0.1, -0.05) is 13.3 Å². The molecule has 0 aliphatic heterocycles. The summed E-state index contributed by atoms with van der Waals surface area (Å²) in [4.78, 5) is 21.8. The fourth-order valence-corrected chi connectivity index (χ4v) is 4.50. The van der Waals surface area contributed by atoms with Crippen LogP contribution in [0.1, 0.15) is 26.2 Å². The Morgan fingerprint density at radius 1 is 1.20 bits per heavy atom. The molecule has 3 aromatic rings. The highest BCUT2D eigenvalue weighted by Crippen LogP contribution is 2.32. The van der Waals surface area contributed by atoms with Gasteiger partial charge in [-0.2, -0.15) is 0 Å². The SMILES string of the molecule is CCCCC(=O)Nc1csc(-c2cncc(-c3ccc(OC)c(S(C)(=O)=O)c3)n2)c1. The maximum absolute atomic E-state index is 12.1. The van der Waals surface area contributed by atoms with Crippen LogP contribution in [0.2, 0.25) is 0 Å². The van der Waals surface area contributed by atoms with Crippen LogP contribution < -0.4 is 10.1 Å². The van der Waals surface area contributed by atoms with E-state index in [0.29, 0.717) is 23.4 Å². The van der Waals surface area contributed by atoms with Crippen molar-refractivity contribution in [3.63, 3.8) is 0 Å². The summed E-state index contributed by atoms with van der Waals surface area (Å²) >= 11 is 1.45. The van der Waals surface area contributed by atoms with E-state index >= 15 is 0 Å². The number of sulfone groups is 1. The predicted octanol–water partition coefficient (Wildman–Crippen LogP) is 4.41. The molecule has 0 aliphatic rings. The van der Waals surface area contributed by atoms with Gasteiger partial charge in [0, 0.05) is 23.6 Å². The summed E-state index contributed by atoms with van der Waals surface area (Å²) in [5.74, 6) is 0.277. The zero-order valence-corrected chi connectivity index (χ0v) is 18.6. The van der Waals surface area contributed by atoms with Crippen molar-refractivity contribution in [2.75, 3.05) is 18.7 Å². The lowest BCUT2D eigenvalue weighted by atomic mass is 10.1. The fraction of sp³-hybridized carbons (Fsp3) is 0.286. The first-order valence-electron chi connectivity index (χ1n) is 9.41. The van der Waals surface area contributed by atoms with Gasteiger partial charge in [-0.3, -0.25) is 9.78 Å². The Morgan fingerprint density at radius 3 is 2.67 bits per heavy atom. The number of methoxy groups -OCH3 is 1. The average Bonchev–Trinajstić information content (AvgIpc) is 3.19. The number of thiophene rings is 1. The Hall–Kier alpha value is -2.78. The minimum atomic E-state index is -3.46. The van der Waals surface area contributed by atoms with Gasteiger partial charge in [0.1, 0.15) is 10.6 Å². The van der Waals surface area contributed by atoms with Crippen LogP contribution in [0.3, 0.4) is 0 Å². The van der Waals surface area contributed by atoms with Crippen LogP contribution in [0, 0.1) is 0 Å². The molecule has 1 aromatic carbocycles. The standard InChI is InChI=1S/C21H23N3O4S2/c1-4-5-6-21(25)23-15-10-19(29-13-15)17-12-22-11-16(24-17)14-7-8-18(28-2)20(9-14)30(3,26)27/h7-13H,4-6H2,1-3H3,(H,23,25). The first-order chi connectivity index (χ1) is 14.3. The van der Waals surface area contributed by atoms with E-state index in [4.69, 9.17) is 4.74 Å². The van der Waals surface area contributed by atoms with Crippen molar-refractivity contribution in [3.05, 3.63) is 42.0 Å². The van der Waals surface area contributed by atoms with Crippen LogP contribution >= 0.6 is 11.3 Å². The molecule has 0 atom stereocenters. The van der Waals surface area contributed by atoms with Gasteiger partial charge in [-0.25, -0.2) is 13.4 Å². The van der Waals surface area contributed by atoms with Crippen LogP contribution in [0.15, 0.2) is 46.9 Å². The number of anilines is 1. The van der Waals surface area contributed by atoms with Gasteiger partial charge < -0.3 is 10.1 Å². The highest BCUT2D eigenvalue weighted by atomic mass is 32.2. The number of aromatic nitrogens is 2. The van der Waals surface area contributed by atoms with E-state index in [2.05, 4.69) is 15.3 Å². The lowest BCUT2D eigenvalue weighted by molar-refractivity contribution is -0.116. The number of amides is 1. The number of carbonyl (C=O) groups is 1. The molecule has 0 radical (unpaired) electrons. The fourth-order valence-electron chi connectivity index (χ4n) is 2.85. The molecular formula is C21H23N3O4S2. The summed E-state index contributed by atoms with van der Waals surface area (Å²) in [6.07, 6.45) is 6.68. The number of nitrogens with one attached hydrogen (secondary N) is 1. The van der Waals surface area contributed by atoms with E-state index in [0.717, 1.165) is 29.7 Å². The monoisotopic (exact) mass is 445 g/mol. The molecule has 0 saturated heterocycles. The molecule has 2 heterocycles. The van der Waals surface area contributed by atoms with Crippen LogP contribution in [0.25, 0.3) is 21.8 Å². The molecule has 0 aliphatic carbocycles. The molecule has 0 saturated carbocycles. The van der Waals surface area contributed by atoms with Crippen molar-refractivity contribution in [2.45, 2.75) is 31.1 Å². The second-order valence-corrected chi connectivity index (χ2v) is 9.67. The Morgan fingerprint density at radius 2 is 1.97 bits per heavy atom. The normalized spacial score (nSPS) is 11.3. The Labute approximate surface area is 180 Å². The Balaban J connectivity index is 1.88. The number of hydrogen-bond donors (Lipinski definition) is 1. The van der Waals surface area contributed by atoms with Crippen molar-refractivity contribution < 1.29 is 17.9 Å². The molecular weight excluding hydrogens is 422 g/mol. The van der Waals surface area contributed by atoms with E-state index in [1.165, 1.54) is 24.5 Å². The molecule has 7 nitrogen and oxygen atoms in total. The van der Waals surface area contributed by atoms with Gasteiger partial charge in [0.05, 0.1) is 41.5 Å². The Bertz CT molecular complexity index is 1160. The quantitative estimate of drug-likeness (QED) is 0.551. The molecule has 0 bridgehead atoms. The Kier molecular flexibility index (Phi) is 6.84. The van der Waals surface area contributed by atoms with Gasteiger partial charge in [0.15, 0.2) is 9.84 Å². The van der Waals surface area contributed by atoms with E-state index in [1.54, 1.807) is 24.5 Å². The number of hydrogen-bond acceptors (Lipinski definition) is 7. The topological polar surface area (TPSA) is 98.2 Å². The van der Waals surface area contributed by atoms with Crippen LogP contribution in [0.5, 0.6) is 5.75 Å². The maximum Gasteiger partial charge on any atom is 0.224 e. The van der Waals surface area contributed by atoms with Crippen molar-refractivity contribution in [3.8, 4) is 27.6 Å². The van der Waals surface area contributed by atoms with Crippen molar-refractivity contribution >= 4 is 32.8 Å². The highest BCUT2D eigenvalue weighted by Gasteiger charge is 2.16. The molecule has 0 spiro atoms. The lowest BCUT2D eigenvalue weighted by Gasteiger charge is -2.09. The van der Waals surface area contributed by atoms with Crippen LogP contribution in [-0.4, -0.2) is 37.7 Å². The maximum atomic E-state index is 12.1. The third kappa shape index (κ3) is 5.22. The predicted molar refractivity (Wildman–Crippen MR) is 119 cm³/mol. The number of rotatable bonds is 8. The average molecular weight is 446 g/mol. The smallest absolute Gasteiger partial charge is 0.224 e. The summed E-state index contributed by atoms with van der Waals surface area (Å²) in [7, 11) is -2.03. The molecule has 3 rings (SSSR count). The van der Waals surface area contributed by atoms with Crippen LogP contribution in [-0.2, 0) is 14.6 Å². The first-order valence-corrected chi connectivity index (χ1v) is 12.2. The molecule has 9 heteroatoms. The van der Waals surface area contributed by atoms with Crippen molar-refractivity contribution in [1.29, 1.82) is 0 Å². The second kappa shape index (κ2) is 9.36. The summed E-state index contributed by atoms with van der Waals surface area (Å²) in [5, 5.41) is 4.76. The van der Waals surface area contributed by atoms with Crippen molar-refractivity contribution in [1.82, 2.24) is 9.97 Å². The highest BCUT2D eigenvalue weighted by molar-refractivity contribution is 7.90. The molecule has 2 aromatic heterocycles. The number of carbonyl (C=O) groups excluding carboxylic acids is 1. The van der Waals surface area contributed by atoms with Gasteiger partial charge >= 0.3 is 0 Å². The molecule has 1 amide bonds. The molecule has 0 unspecified atom stereocenters. The number of ether oxygens (including phenoxy) is 1. The zero-order valence-electron chi connectivity index (χ0n) is 17.0. The molecule has 0 fully saturated rings. The summed E-state index contributed by atoms with van der Waals surface area (Å²) in [5.41, 5.74) is 2.53. The minimum absolute atomic E-state index is 0.00688. The van der Waals surface area contributed by atoms with Gasteiger partial charge in [-0.05, 0) is 30.7 Å². The van der Waals surface area contributed by atoms with Gasteiger partial charge in [0.2, 0.25) is 5.91 Å². The van der Waals surface area contributed by atoms with E-state index in [-0.39, 0.29) is 16.6 Å². The van der Waals surface area contributed by atoms with E-state index < -0.39 is 9.84 Å². The second-order valence-electron chi connectivity index (χ2n) is 6.78. The number of nitrogens with zero attached hydrogens (tertiary/aromatic N) is 2. The van der Waals surface area contributed by atoms with E-state index in [9.17, 15) is 13.2 Å². The van der Waals surface area contributed by atoms with Crippen molar-refractivity contribution in [2.24, 2.45) is 0 Å². The lowest BCUT2D eigenvalue weighted by Crippen LogP contribution is -2.09. The third-order valence-electron chi connectivity index (χ3n) is 4.39. The molecule has 1 N–H and O–H groups in total. The summed E-state index contributed by atoms with van der Waals surface area (Å²) in [6.45, 7) is 2.04.